The average Bonchev–Trinajstić information content (AvgIpc) is 2.94. The monoisotopic (exact) mass is 625 g/mol. The smallest absolute Gasteiger partial charge is 0.243 e. The summed E-state index contributed by atoms with van der Waals surface area (Å²) in [5.74, 6) is -0.536. The summed E-state index contributed by atoms with van der Waals surface area (Å²) in [5.41, 5.74) is 2.04. The lowest BCUT2D eigenvalue weighted by Gasteiger charge is -2.26. The quantitative estimate of drug-likeness (QED) is 0.366. The van der Waals surface area contributed by atoms with Crippen LogP contribution in [0.2, 0.25) is 10.0 Å². The van der Waals surface area contributed by atoms with Crippen LogP contribution in [0.1, 0.15) is 16.7 Å². The Kier molecular flexibility index (Phi) is 9.89. The van der Waals surface area contributed by atoms with Gasteiger partial charge in [-0.05, 0) is 54.4 Å². The minimum Gasteiger partial charge on any atom is -0.379 e. The number of carbonyl (C=O) groups excluding carboxylic acids is 1. The van der Waals surface area contributed by atoms with Crippen LogP contribution in [0.25, 0.3) is 0 Å². The molecular weight excluding hydrogens is 597 g/mol. The van der Waals surface area contributed by atoms with E-state index in [9.17, 15) is 21.6 Å². The summed E-state index contributed by atoms with van der Waals surface area (Å²) in [5, 5.41) is 3.40. The van der Waals surface area contributed by atoms with Gasteiger partial charge in [0.05, 0.1) is 29.5 Å². The Hall–Kier alpha value is -2.51. The maximum atomic E-state index is 13.5. The van der Waals surface area contributed by atoms with Crippen LogP contribution in [0.5, 0.6) is 0 Å². The van der Waals surface area contributed by atoms with Crippen molar-refractivity contribution in [3.8, 4) is 0 Å². The van der Waals surface area contributed by atoms with Crippen molar-refractivity contribution in [3.05, 3.63) is 93.5 Å². The summed E-state index contributed by atoms with van der Waals surface area (Å²) in [6, 6.07) is 17.3. The second kappa shape index (κ2) is 13.0. The second-order valence-corrected chi connectivity index (χ2v) is 14.0. The van der Waals surface area contributed by atoms with Gasteiger partial charge in [-0.2, -0.15) is 8.61 Å². The van der Waals surface area contributed by atoms with E-state index in [1.54, 1.807) is 36.4 Å². The van der Waals surface area contributed by atoms with E-state index >= 15 is 0 Å². The average molecular weight is 627 g/mol. The molecule has 3 aromatic carbocycles. The van der Waals surface area contributed by atoms with E-state index < -0.39 is 32.5 Å². The number of nitrogens with one attached hydrogen (secondary N) is 1. The molecule has 13 heteroatoms. The van der Waals surface area contributed by atoms with Gasteiger partial charge in [0.15, 0.2) is 0 Å². The van der Waals surface area contributed by atoms with E-state index in [-0.39, 0.29) is 27.9 Å². The minimum atomic E-state index is -4.05. The summed E-state index contributed by atoms with van der Waals surface area (Å²) in [7, 11) is -7.69. The molecule has 0 unspecified atom stereocenters. The Morgan fingerprint density at radius 2 is 1.55 bits per heavy atom. The van der Waals surface area contributed by atoms with E-state index in [4.69, 9.17) is 27.9 Å². The van der Waals surface area contributed by atoms with Crippen LogP contribution in [0.3, 0.4) is 0 Å². The molecule has 9 nitrogen and oxygen atoms in total. The third-order valence-corrected chi connectivity index (χ3v) is 10.7. The summed E-state index contributed by atoms with van der Waals surface area (Å²) in [6.45, 7) is 2.62. The number of nitrogens with zero attached hydrogens (tertiary/aromatic N) is 2. The number of morpholine rings is 1. The molecule has 40 heavy (non-hydrogen) atoms. The molecule has 0 atom stereocenters. The highest BCUT2D eigenvalue weighted by Gasteiger charge is 2.28. The topological polar surface area (TPSA) is 113 Å². The van der Waals surface area contributed by atoms with Crippen molar-refractivity contribution in [1.82, 2.24) is 13.9 Å². The zero-order chi connectivity index (χ0) is 28.9. The third kappa shape index (κ3) is 7.41. The van der Waals surface area contributed by atoms with Gasteiger partial charge in [-0.1, -0.05) is 59.1 Å². The van der Waals surface area contributed by atoms with Gasteiger partial charge in [-0.3, -0.25) is 4.79 Å². The van der Waals surface area contributed by atoms with Crippen molar-refractivity contribution in [2.45, 2.75) is 29.8 Å². The molecule has 1 amide bonds. The summed E-state index contributed by atoms with van der Waals surface area (Å²) < 4.78 is 60.3. The van der Waals surface area contributed by atoms with E-state index in [2.05, 4.69) is 5.32 Å². The predicted octanol–water partition coefficient (Wildman–Crippen LogP) is 3.83. The Morgan fingerprint density at radius 1 is 0.925 bits per heavy atom. The Balaban J connectivity index is 1.46. The number of hydrogen-bond acceptors (Lipinski definition) is 6. The largest absolute Gasteiger partial charge is 0.379 e. The molecule has 0 saturated carbocycles. The van der Waals surface area contributed by atoms with Crippen molar-refractivity contribution < 1.29 is 26.4 Å². The van der Waals surface area contributed by atoms with Gasteiger partial charge >= 0.3 is 0 Å². The first-order valence-corrected chi connectivity index (χ1v) is 16.0. The van der Waals surface area contributed by atoms with Crippen LogP contribution < -0.4 is 5.32 Å². The number of aryl methyl sites for hydroxylation is 1. The van der Waals surface area contributed by atoms with Gasteiger partial charge in [-0.15, -0.1) is 0 Å². The first-order valence-electron chi connectivity index (χ1n) is 12.4. The van der Waals surface area contributed by atoms with Crippen molar-refractivity contribution in [3.63, 3.8) is 0 Å². The normalized spacial score (nSPS) is 14.8. The fourth-order valence-electron chi connectivity index (χ4n) is 4.06. The summed E-state index contributed by atoms with van der Waals surface area (Å²) in [6.07, 6.45) is 0. The summed E-state index contributed by atoms with van der Waals surface area (Å²) in [4.78, 5) is 13.1. The Bertz CT molecular complexity index is 1560. The molecular formula is C27H29Cl2N3O6S2. The summed E-state index contributed by atoms with van der Waals surface area (Å²) >= 11 is 12.3. The van der Waals surface area contributed by atoms with E-state index in [1.165, 1.54) is 34.6 Å². The number of hydrogen-bond donors (Lipinski definition) is 1. The number of halogens is 2. The van der Waals surface area contributed by atoms with Gasteiger partial charge in [0, 0.05) is 36.2 Å². The molecule has 0 bridgehead atoms. The van der Waals surface area contributed by atoms with Gasteiger partial charge in [0.1, 0.15) is 0 Å². The van der Waals surface area contributed by atoms with Gasteiger partial charge in [0.2, 0.25) is 26.0 Å². The first-order chi connectivity index (χ1) is 19.0. The molecule has 1 saturated heterocycles. The highest BCUT2D eigenvalue weighted by molar-refractivity contribution is 7.89. The molecule has 1 N–H and O–H groups in total. The molecule has 3 aromatic rings. The predicted molar refractivity (Wildman–Crippen MR) is 153 cm³/mol. The lowest BCUT2D eigenvalue weighted by Crippen LogP contribution is -2.40. The molecule has 1 fully saturated rings. The van der Waals surface area contributed by atoms with E-state index in [1.807, 2.05) is 6.92 Å². The maximum absolute atomic E-state index is 13.5. The van der Waals surface area contributed by atoms with Crippen LogP contribution in [-0.2, 0) is 42.7 Å². The van der Waals surface area contributed by atoms with Gasteiger partial charge in [0.25, 0.3) is 0 Å². The molecule has 0 spiro atoms. The highest BCUT2D eigenvalue weighted by Crippen LogP contribution is 2.25. The number of rotatable bonds is 10. The lowest BCUT2D eigenvalue weighted by atomic mass is 10.2. The number of carbonyl (C=O) groups is 1. The Morgan fingerprint density at radius 3 is 2.17 bits per heavy atom. The molecule has 214 valence electrons. The standard InChI is InChI=1S/C27H29Cl2N3O6S2/c1-20-2-8-24(9-3-20)40(36,37)32(18-22-6-7-23(28)16-26(22)29)19-27(33)30-17-21-4-10-25(11-5-21)39(34,35)31-12-14-38-15-13-31/h2-11,16H,12-15,17-19H2,1H3,(H,30,33). The van der Waals surface area contributed by atoms with Crippen LogP contribution in [0.4, 0.5) is 0 Å². The molecule has 0 aliphatic carbocycles. The van der Waals surface area contributed by atoms with Crippen LogP contribution in [0, 0.1) is 6.92 Å². The number of amides is 1. The SMILES string of the molecule is Cc1ccc(S(=O)(=O)N(CC(=O)NCc2ccc(S(=O)(=O)N3CCOCC3)cc2)Cc2ccc(Cl)cc2Cl)cc1. The second-order valence-electron chi connectivity index (χ2n) is 9.26. The van der Waals surface area contributed by atoms with Crippen molar-refractivity contribution in [2.75, 3.05) is 32.8 Å². The van der Waals surface area contributed by atoms with E-state index in [0.717, 1.165) is 9.87 Å². The molecule has 0 aromatic heterocycles. The Labute approximate surface area is 244 Å². The number of sulfonamides is 2. The number of benzene rings is 3. The molecule has 0 radical (unpaired) electrons. The van der Waals surface area contributed by atoms with Crippen molar-refractivity contribution in [1.29, 1.82) is 0 Å². The fraction of sp³-hybridized carbons (Fsp3) is 0.296. The first kappa shape index (κ1) is 30.4. The molecule has 1 aliphatic rings. The zero-order valence-corrected chi connectivity index (χ0v) is 24.9. The van der Waals surface area contributed by atoms with Crippen molar-refractivity contribution >= 4 is 49.2 Å². The number of ether oxygens (including phenoxy) is 1. The molecule has 4 rings (SSSR count). The fourth-order valence-corrected chi connectivity index (χ4v) is 7.31. The van der Waals surface area contributed by atoms with Gasteiger partial charge < -0.3 is 10.1 Å². The van der Waals surface area contributed by atoms with Crippen LogP contribution in [0.15, 0.2) is 76.5 Å². The molecule has 1 heterocycles. The molecule has 1 aliphatic heterocycles. The zero-order valence-electron chi connectivity index (χ0n) is 21.7. The highest BCUT2D eigenvalue weighted by atomic mass is 35.5. The minimum absolute atomic E-state index is 0.0491. The lowest BCUT2D eigenvalue weighted by molar-refractivity contribution is -0.121. The maximum Gasteiger partial charge on any atom is 0.243 e. The van der Waals surface area contributed by atoms with Crippen LogP contribution in [-0.4, -0.2) is 64.2 Å². The van der Waals surface area contributed by atoms with Crippen LogP contribution >= 0.6 is 23.2 Å². The van der Waals surface area contributed by atoms with Gasteiger partial charge in [-0.25, -0.2) is 16.8 Å². The third-order valence-electron chi connectivity index (χ3n) is 6.36. The van der Waals surface area contributed by atoms with Crippen molar-refractivity contribution in [2.24, 2.45) is 0 Å². The van der Waals surface area contributed by atoms with E-state index in [0.29, 0.717) is 42.5 Å².